The number of fused-ring (bicyclic) bond motifs is 1. The van der Waals surface area contributed by atoms with E-state index in [1.54, 1.807) is 18.4 Å². The van der Waals surface area contributed by atoms with Gasteiger partial charge in [0.15, 0.2) is 18.1 Å². The summed E-state index contributed by atoms with van der Waals surface area (Å²) in [7, 11) is 0. The molecule has 0 fully saturated rings. The predicted octanol–water partition coefficient (Wildman–Crippen LogP) is 2.69. The standard InChI is InChI=1S/C17H19NO4/c1-17(2)9-12-5-3-7-14(16(12)22-17)21-11-15(19)18-10-13-6-4-8-20-13/h3-8H,9-11H2,1-2H3,(H,18,19). The number of carbonyl (C=O) groups is 1. The van der Waals surface area contributed by atoms with Crippen LogP contribution in [0.2, 0.25) is 0 Å². The van der Waals surface area contributed by atoms with Gasteiger partial charge in [0.1, 0.15) is 11.4 Å². The third-order valence-corrected chi connectivity index (χ3v) is 3.45. The minimum Gasteiger partial charge on any atom is -0.483 e. The van der Waals surface area contributed by atoms with Gasteiger partial charge in [-0.3, -0.25) is 4.79 Å². The zero-order chi connectivity index (χ0) is 15.6. The summed E-state index contributed by atoms with van der Waals surface area (Å²) in [4.78, 5) is 11.8. The normalized spacial score (nSPS) is 15.0. The van der Waals surface area contributed by atoms with Crippen molar-refractivity contribution in [3.63, 3.8) is 0 Å². The summed E-state index contributed by atoms with van der Waals surface area (Å²) in [6, 6.07) is 9.35. The van der Waals surface area contributed by atoms with Crippen LogP contribution in [0, 0.1) is 0 Å². The molecule has 0 saturated heterocycles. The summed E-state index contributed by atoms with van der Waals surface area (Å²) in [5.74, 6) is 1.85. The molecule has 1 amide bonds. The monoisotopic (exact) mass is 301 g/mol. The molecular formula is C17H19NO4. The Kier molecular flexibility index (Phi) is 3.79. The van der Waals surface area contributed by atoms with Gasteiger partial charge in [-0.2, -0.15) is 0 Å². The van der Waals surface area contributed by atoms with Gasteiger partial charge in [0.05, 0.1) is 12.8 Å². The van der Waals surface area contributed by atoms with Crippen LogP contribution in [0.4, 0.5) is 0 Å². The second kappa shape index (κ2) is 5.75. The average molecular weight is 301 g/mol. The number of ether oxygens (including phenoxy) is 2. The first-order valence-electron chi connectivity index (χ1n) is 7.26. The lowest BCUT2D eigenvalue weighted by atomic mass is 10.0. The van der Waals surface area contributed by atoms with Crippen LogP contribution in [0.15, 0.2) is 41.0 Å². The third kappa shape index (κ3) is 3.24. The lowest BCUT2D eigenvalue weighted by Crippen LogP contribution is -2.28. The molecule has 1 aromatic carbocycles. The van der Waals surface area contributed by atoms with Crippen LogP contribution in [0.1, 0.15) is 25.2 Å². The van der Waals surface area contributed by atoms with Crippen LogP contribution < -0.4 is 14.8 Å². The SMILES string of the molecule is CC1(C)Cc2cccc(OCC(=O)NCc3ccco3)c2O1. The number of hydrogen-bond donors (Lipinski definition) is 1. The predicted molar refractivity (Wildman–Crippen MR) is 80.9 cm³/mol. The molecule has 0 spiro atoms. The maximum absolute atomic E-state index is 11.8. The zero-order valence-electron chi connectivity index (χ0n) is 12.7. The molecule has 0 radical (unpaired) electrons. The first-order valence-corrected chi connectivity index (χ1v) is 7.26. The van der Waals surface area contributed by atoms with Crippen molar-refractivity contribution in [2.75, 3.05) is 6.61 Å². The Labute approximate surface area is 129 Å². The van der Waals surface area contributed by atoms with Crippen LogP contribution >= 0.6 is 0 Å². The Hall–Kier alpha value is -2.43. The van der Waals surface area contributed by atoms with Crippen LogP contribution in [-0.2, 0) is 17.8 Å². The molecule has 0 bridgehead atoms. The Morgan fingerprint density at radius 3 is 2.95 bits per heavy atom. The summed E-state index contributed by atoms with van der Waals surface area (Å²) < 4.78 is 16.7. The number of rotatable bonds is 5. The third-order valence-electron chi connectivity index (χ3n) is 3.45. The van der Waals surface area contributed by atoms with Crippen LogP contribution in [0.3, 0.4) is 0 Å². The summed E-state index contributed by atoms with van der Waals surface area (Å²) in [6.07, 6.45) is 2.41. The number of benzene rings is 1. The second-order valence-electron chi connectivity index (χ2n) is 5.93. The number of hydrogen-bond acceptors (Lipinski definition) is 4. The molecule has 0 aliphatic carbocycles. The molecule has 0 unspecified atom stereocenters. The molecule has 5 heteroatoms. The molecule has 2 aromatic rings. The van der Waals surface area contributed by atoms with E-state index in [2.05, 4.69) is 5.32 Å². The van der Waals surface area contributed by atoms with E-state index in [1.807, 2.05) is 32.0 Å². The van der Waals surface area contributed by atoms with Crippen molar-refractivity contribution in [3.05, 3.63) is 47.9 Å². The highest BCUT2D eigenvalue weighted by atomic mass is 16.5. The van der Waals surface area contributed by atoms with E-state index < -0.39 is 0 Å². The van der Waals surface area contributed by atoms with Crippen LogP contribution in [0.25, 0.3) is 0 Å². The lowest BCUT2D eigenvalue weighted by molar-refractivity contribution is -0.123. The van der Waals surface area contributed by atoms with E-state index in [0.717, 1.165) is 17.7 Å². The minimum absolute atomic E-state index is 0.0546. The fourth-order valence-corrected chi connectivity index (χ4v) is 2.49. The Morgan fingerprint density at radius 2 is 2.18 bits per heavy atom. The highest BCUT2D eigenvalue weighted by Gasteiger charge is 2.32. The summed E-state index contributed by atoms with van der Waals surface area (Å²) >= 11 is 0. The van der Waals surface area contributed by atoms with Gasteiger partial charge in [0.25, 0.3) is 5.91 Å². The van der Waals surface area contributed by atoms with Crippen molar-refractivity contribution in [3.8, 4) is 11.5 Å². The van der Waals surface area contributed by atoms with Gasteiger partial charge in [-0.15, -0.1) is 0 Å². The molecule has 3 rings (SSSR count). The molecule has 1 aliphatic heterocycles. The Balaban J connectivity index is 1.56. The summed E-state index contributed by atoms with van der Waals surface area (Å²) in [6.45, 7) is 4.37. The smallest absolute Gasteiger partial charge is 0.258 e. The maximum Gasteiger partial charge on any atom is 0.258 e. The van der Waals surface area contributed by atoms with Crippen molar-refractivity contribution in [1.29, 1.82) is 0 Å². The number of nitrogens with one attached hydrogen (secondary N) is 1. The fourth-order valence-electron chi connectivity index (χ4n) is 2.49. The van der Waals surface area contributed by atoms with Crippen molar-refractivity contribution in [1.82, 2.24) is 5.32 Å². The molecule has 0 saturated carbocycles. The maximum atomic E-state index is 11.8. The number of amides is 1. The van der Waals surface area contributed by atoms with E-state index in [0.29, 0.717) is 18.1 Å². The molecule has 22 heavy (non-hydrogen) atoms. The minimum atomic E-state index is -0.233. The van der Waals surface area contributed by atoms with E-state index in [9.17, 15) is 4.79 Å². The molecular weight excluding hydrogens is 282 g/mol. The largest absolute Gasteiger partial charge is 0.483 e. The van der Waals surface area contributed by atoms with Gasteiger partial charge >= 0.3 is 0 Å². The molecule has 2 heterocycles. The zero-order valence-corrected chi connectivity index (χ0v) is 12.7. The van der Waals surface area contributed by atoms with Crippen LogP contribution in [-0.4, -0.2) is 18.1 Å². The first kappa shape index (κ1) is 14.5. The van der Waals surface area contributed by atoms with E-state index >= 15 is 0 Å². The molecule has 1 aliphatic rings. The summed E-state index contributed by atoms with van der Waals surface area (Å²) in [5, 5.41) is 2.74. The van der Waals surface area contributed by atoms with Crippen molar-refractivity contribution in [2.24, 2.45) is 0 Å². The van der Waals surface area contributed by atoms with Crippen molar-refractivity contribution in [2.45, 2.75) is 32.4 Å². The highest BCUT2D eigenvalue weighted by Crippen LogP contribution is 2.41. The Bertz CT molecular complexity index is 661. The second-order valence-corrected chi connectivity index (χ2v) is 5.93. The number of para-hydroxylation sites is 1. The molecule has 1 aromatic heterocycles. The van der Waals surface area contributed by atoms with Crippen molar-refractivity contribution >= 4 is 5.91 Å². The fraction of sp³-hybridized carbons (Fsp3) is 0.353. The molecule has 0 atom stereocenters. The average Bonchev–Trinajstić information content (AvgIpc) is 3.08. The molecule has 5 nitrogen and oxygen atoms in total. The van der Waals surface area contributed by atoms with E-state index in [4.69, 9.17) is 13.9 Å². The molecule has 116 valence electrons. The van der Waals surface area contributed by atoms with Gasteiger partial charge in [-0.25, -0.2) is 0 Å². The highest BCUT2D eigenvalue weighted by molar-refractivity contribution is 5.77. The lowest BCUT2D eigenvalue weighted by Gasteiger charge is -2.18. The number of carbonyl (C=O) groups excluding carboxylic acids is 1. The van der Waals surface area contributed by atoms with Gasteiger partial charge in [0, 0.05) is 12.0 Å². The topological polar surface area (TPSA) is 60.7 Å². The van der Waals surface area contributed by atoms with E-state index in [-0.39, 0.29) is 18.1 Å². The van der Waals surface area contributed by atoms with Gasteiger partial charge in [0.2, 0.25) is 0 Å². The quantitative estimate of drug-likeness (QED) is 0.922. The summed E-state index contributed by atoms with van der Waals surface area (Å²) in [5.41, 5.74) is 0.877. The van der Waals surface area contributed by atoms with Crippen molar-refractivity contribution < 1.29 is 18.7 Å². The molecule has 1 N–H and O–H groups in total. The van der Waals surface area contributed by atoms with E-state index in [1.165, 1.54) is 0 Å². The van der Waals surface area contributed by atoms with Crippen LogP contribution in [0.5, 0.6) is 11.5 Å². The number of furan rings is 1. The first-order chi connectivity index (χ1) is 10.5. The van der Waals surface area contributed by atoms with Gasteiger partial charge < -0.3 is 19.2 Å². The van der Waals surface area contributed by atoms with Gasteiger partial charge in [-0.05, 0) is 32.0 Å². The Morgan fingerprint density at radius 1 is 1.32 bits per heavy atom. The van der Waals surface area contributed by atoms with Gasteiger partial charge in [-0.1, -0.05) is 12.1 Å².